The smallest absolute Gasteiger partial charge is 0.321 e. The fourth-order valence-corrected chi connectivity index (χ4v) is 2.42. The molecule has 2 aliphatic heterocycles. The molecule has 0 aromatic heterocycles. The molecule has 0 aromatic rings. The van der Waals surface area contributed by atoms with Crippen LogP contribution in [0.25, 0.3) is 0 Å². The highest BCUT2D eigenvalue weighted by Gasteiger charge is 2.47. The van der Waals surface area contributed by atoms with Crippen LogP contribution >= 0.6 is 0 Å². The van der Waals surface area contributed by atoms with Gasteiger partial charge >= 0.3 is 5.97 Å². The Morgan fingerprint density at radius 1 is 1.41 bits per heavy atom. The molecule has 2 N–H and O–H groups in total. The van der Waals surface area contributed by atoms with E-state index in [0.29, 0.717) is 0 Å². The second-order valence-corrected chi connectivity index (χ2v) is 4.45. The fourth-order valence-electron chi connectivity index (χ4n) is 2.42. The molecule has 2 aliphatic rings. The lowest BCUT2D eigenvalue weighted by Crippen LogP contribution is -2.47. The highest BCUT2D eigenvalue weighted by atomic mass is 16.4. The van der Waals surface area contributed by atoms with E-state index in [4.69, 9.17) is 5.11 Å². The van der Waals surface area contributed by atoms with Crippen LogP contribution in [0.5, 0.6) is 0 Å². The molecule has 0 aliphatic carbocycles. The van der Waals surface area contributed by atoms with Crippen LogP contribution in [-0.2, 0) is 14.4 Å². The molecule has 0 radical (unpaired) electrons. The molecule has 2 heterocycles. The van der Waals surface area contributed by atoms with Crippen molar-refractivity contribution in [3.63, 3.8) is 0 Å². The van der Waals surface area contributed by atoms with E-state index in [1.165, 1.54) is 11.9 Å². The molecule has 3 atom stereocenters. The number of rotatable bonds is 2. The van der Waals surface area contributed by atoms with Gasteiger partial charge in [-0.05, 0) is 0 Å². The lowest BCUT2D eigenvalue weighted by Gasteiger charge is -2.25. The van der Waals surface area contributed by atoms with Crippen LogP contribution in [0.1, 0.15) is 12.8 Å². The quantitative estimate of drug-likeness (QED) is 0.558. The minimum absolute atomic E-state index is 0.00810. The minimum Gasteiger partial charge on any atom is -0.480 e. The molecule has 0 bridgehead atoms. The maximum atomic E-state index is 11.8. The molecule has 2 saturated heterocycles. The van der Waals surface area contributed by atoms with Crippen molar-refractivity contribution < 1.29 is 24.6 Å². The lowest BCUT2D eigenvalue weighted by atomic mass is 10.1. The first-order valence-electron chi connectivity index (χ1n) is 5.39. The average molecular weight is 242 g/mol. The van der Waals surface area contributed by atoms with Crippen molar-refractivity contribution in [3.05, 3.63) is 0 Å². The molecule has 3 unspecified atom stereocenters. The van der Waals surface area contributed by atoms with Gasteiger partial charge in [-0.15, -0.1) is 0 Å². The molecule has 2 amide bonds. The molecule has 94 valence electrons. The zero-order valence-electron chi connectivity index (χ0n) is 9.37. The molecule has 2 rings (SSSR count). The normalized spacial score (nSPS) is 34.7. The number of carbonyl (C=O) groups excluding carboxylic acids is 2. The topological polar surface area (TPSA) is 98.2 Å². The molecule has 17 heavy (non-hydrogen) atoms. The number of aliphatic hydroxyl groups excluding tert-OH is 1. The third-order valence-electron chi connectivity index (χ3n) is 3.36. The van der Waals surface area contributed by atoms with Crippen LogP contribution in [0.4, 0.5) is 0 Å². The molecule has 7 nitrogen and oxygen atoms in total. The van der Waals surface area contributed by atoms with Crippen LogP contribution in [0, 0.1) is 0 Å². The maximum absolute atomic E-state index is 11.8. The predicted octanol–water partition coefficient (Wildman–Crippen LogP) is -1.74. The monoisotopic (exact) mass is 242 g/mol. The van der Waals surface area contributed by atoms with Crippen molar-refractivity contribution in [1.29, 1.82) is 0 Å². The number of carboxylic acid groups (broad SMARTS) is 1. The summed E-state index contributed by atoms with van der Waals surface area (Å²) in [6.45, 7) is 0.120. The fraction of sp³-hybridized carbons (Fsp3) is 0.700. The van der Waals surface area contributed by atoms with Crippen LogP contribution < -0.4 is 0 Å². The number of carbonyl (C=O) groups is 3. The number of aliphatic carboxylic acids is 1. The molecular formula is C10H14N2O5. The average Bonchev–Trinajstić information content (AvgIpc) is 2.75. The number of amides is 2. The van der Waals surface area contributed by atoms with Gasteiger partial charge in [-0.25, -0.2) is 0 Å². The first kappa shape index (κ1) is 12.0. The number of likely N-dealkylation sites (N-methyl/N-ethyl adjacent to an activating group) is 1. The number of carboxylic acids is 1. The first-order chi connectivity index (χ1) is 7.91. The van der Waals surface area contributed by atoms with Gasteiger partial charge in [0.2, 0.25) is 11.8 Å². The van der Waals surface area contributed by atoms with E-state index in [9.17, 15) is 19.5 Å². The second kappa shape index (κ2) is 4.08. The Hall–Kier alpha value is -1.47. The highest BCUT2D eigenvalue weighted by molar-refractivity contribution is 6.05. The molecule has 0 spiro atoms. The van der Waals surface area contributed by atoms with Gasteiger partial charge in [0.25, 0.3) is 0 Å². The molecule has 0 aromatic carbocycles. The molecule has 0 saturated carbocycles. The summed E-state index contributed by atoms with van der Waals surface area (Å²) in [4.78, 5) is 36.6. The van der Waals surface area contributed by atoms with Crippen molar-refractivity contribution >= 4 is 17.8 Å². The highest BCUT2D eigenvalue weighted by Crippen LogP contribution is 2.26. The van der Waals surface area contributed by atoms with E-state index in [1.54, 1.807) is 0 Å². The summed E-state index contributed by atoms with van der Waals surface area (Å²) >= 11 is 0. The SMILES string of the molecule is CN1C(=O)CC(N2CC(O)CC2C(=O)O)C1=O. The van der Waals surface area contributed by atoms with E-state index in [0.717, 1.165) is 4.90 Å². The van der Waals surface area contributed by atoms with E-state index >= 15 is 0 Å². The Kier molecular flexibility index (Phi) is 2.88. The van der Waals surface area contributed by atoms with E-state index in [1.807, 2.05) is 0 Å². The van der Waals surface area contributed by atoms with E-state index in [-0.39, 0.29) is 25.3 Å². The Morgan fingerprint density at radius 3 is 2.53 bits per heavy atom. The van der Waals surface area contributed by atoms with E-state index in [2.05, 4.69) is 0 Å². The van der Waals surface area contributed by atoms with Gasteiger partial charge in [-0.3, -0.25) is 24.2 Å². The van der Waals surface area contributed by atoms with Crippen LogP contribution in [-0.4, -0.2) is 69.6 Å². The van der Waals surface area contributed by atoms with Gasteiger partial charge < -0.3 is 10.2 Å². The predicted molar refractivity (Wildman–Crippen MR) is 54.9 cm³/mol. The summed E-state index contributed by atoms with van der Waals surface area (Å²) in [6.07, 6.45) is -0.673. The number of likely N-dealkylation sites (tertiary alicyclic amines) is 2. The van der Waals surface area contributed by atoms with Crippen molar-refractivity contribution in [2.45, 2.75) is 31.0 Å². The second-order valence-electron chi connectivity index (χ2n) is 4.45. The summed E-state index contributed by atoms with van der Waals surface area (Å²) in [5, 5.41) is 18.5. The van der Waals surface area contributed by atoms with Crippen LogP contribution in [0.15, 0.2) is 0 Å². The van der Waals surface area contributed by atoms with Crippen molar-refractivity contribution in [1.82, 2.24) is 9.80 Å². The summed E-state index contributed by atoms with van der Waals surface area (Å²) in [7, 11) is 1.38. The van der Waals surface area contributed by atoms with Crippen molar-refractivity contribution in [2.24, 2.45) is 0 Å². The minimum atomic E-state index is -1.07. The largest absolute Gasteiger partial charge is 0.480 e. The third kappa shape index (κ3) is 1.91. The Morgan fingerprint density at radius 2 is 2.06 bits per heavy atom. The van der Waals surface area contributed by atoms with E-state index < -0.39 is 30.1 Å². The van der Waals surface area contributed by atoms with Gasteiger partial charge in [-0.2, -0.15) is 0 Å². The third-order valence-corrected chi connectivity index (χ3v) is 3.36. The van der Waals surface area contributed by atoms with Gasteiger partial charge in [0.1, 0.15) is 6.04 Å². The van der Waals surface area contributed by atoms with Gasteiger partial charge in [0.15, 0.2) is 0 Å². The summed E-state index contributed by atoms with van der Waals surface area (Å²) in [6, 6.07) is -1.64. The zero-order chi connectivity index (χ0) is 12.7. The number of hydrogen-bond acceptors (Lipinski definition) is 5. The first-order valence-corrected chi connectivity index (χ1v) is 5.39. The van der Waals surface area contributed by atoms with Gasteiger partial charge in [0, 0.05) is 20.0 Å². The molecule has 2 fully saturated rings. The number of aliphatic hydroxyl groups is 1. The lowest BCUT2D eigenvalue weighted by molar-refractivity contribution is -0.144. The van der Waals surface area contributed by atoms with Crippen LogP contribution in [0.3, 0.4) is 0 Å². The number of hydrogen-bond donors (Lipinski definition) is 2. The summed E-state index contributed by atoms with van der Waals surface area (Å²) in [5.41, 5.74) is 0. The van der Waals surface area contributed by atoms with Crippen molar-refractivity contribution in [2.75, 3.05) is 13.6 Å². The Bertz CT molecular complexity index is 383. The van der Waals surface area contributed by atoms with Gasteiger partial charge in [0.05, 0.1) is 18.6 Å². The Labute approximate surface area is 97.6 Å². The summed E-state index contributed by atoms with van der Waals surface area (Å²) < 4.78 is 0. The number of nitrogens with zero attached hydrogens (tertiary/aromatic N) is 2. The van der Waals surface area contributed by atoms with Gasteiger partial charge in [-0.1, -0.05) is 0 Å². The zero-order valence-corrected chi connectivity index (χ0v) is 9.37. The standard InChI is InChI=1S/C10H14N2O5/c1-11-8(14)3-6(9(11)15)12-4-5(13)2-7(12)10(16)17/h5-7,13H,2-4H2,1H3,(H,16,17). The molecule has 7 heteroatoms. The molecular weight excluding hydrogens is 228 g/mol. The Balaban J connectivity index is 2.19. The number of β-amino-alcohol motifs (C(OH)–C–C–N with tert-alkyl or cyclic N) is 1. The van der Waals surface area contributed by atoms with Crippen LogP contribution in [0.2, 0.25) is 0 Å². The maximum Gasteiger partial charge on any atom is 0.321 e. The summed E-state index contributed by atoms with van der Waals surface area (Å²) in [5.74, 6) is -1.78. The number of imide groups is 1. The van der Waals surface area contributed by atoms with Crippen molar-refractivity contribution in [3.8, 4) is 0 Å².